The zero-order chi connectivity index (χ0) is 78.5. The number of aliphatic carboxylic acids is 1. The summed E-state index contributed by atoms with van der Waals surface area (Å²) in [5.74, 6) is -3.92. The van der Waals surface area contributed by atoms with Gasteiger partial charge in [0.15, 0.2) is 30.6 Å². The van der Waals surface area contributed by atoms with Gasteiger partial charge in [0, 0.05) is 55.9 Å². The molecule has 15 atom stereocenters. The first-order valence-corrected chi connectivity index (χ1v) is 37.4. The summed E-state index contributed by atoms with van der Waals surface area (Å²) in [6, 6.07) is 14.3. The van der Waals surface area contributed by atoms with E-state index in [2.05, 4.69) is 27.9 Å². The Hall–Kier alpha value is -7.42. The highest BCUT2D eigenvalue weighted by atomic mass is 32.2. The predicted octanol–water partition coefficient (Wildman–Crippen LogP) is 0.858. The van der Waals surface area contributed by atoms with Crippen LogP contribution in [0.1, 0.15) is 121 Å². The molecule has 105 heavy (non-hydrogen) atoms. The number of ketones is 2. The van der Waals surface area contributed by atoms with E-state index in [-0.39, 0.29) is 90.0 Å². The van der Waals surface area contributed by atoms with Crippen molar-refractivity contribution in [3.63, 3.8) is 0 Å². The van der Waals surface area contributed by atoms with Gasteiger partial charge in [-0.2, -0.15) is 16.8 Å². The van der Waals surface area contributed by atoms with Gasteiger partial charge in [0.25, 0.3) is 25.8 Å². The average Bonchev–Trinajstić information content (AvgIpc) is 0.776. The van der Waals surface area contributed by atoms with E-state index in [4.69, 9.17) is 55.1 Å². The average molecular weight is 1550 g/mol. The van der Waals surface area contributed by atoms with Crippen LogP contribution in [0.4, 0.5) is 5.69 Å². The molecular formula is C66H95N5O31S3. The normalized spacial score (nSPS) is 24.9. The van der Waals surface area contributed by atoms with Crippen LogP contribution in [0, 0.1) is 18.8 Å². The molecule has 4 fully saturated rings. The molecule has 3 aromatic carbocycles. The van der Waals surface area contributed by atoms with Crippen LogP contribution in [0.2, 0.25) is 0 Å². The number of hydrogen-bond acceptors (Lipinski definition) is 29. The Balaban J connectivity index is 0.000000377. The maximum atomic E-state index is 13.6. The second-order valence-electron chi connectivity index (χ2n) is 25.0. The van der Waals surface area contributed by atoms with E-state index in [0.717, 1.165) is 64.0 Å². The number of unbranched alkanes of at least 4 members (excludes halogenated alkanes) is 1. The highest BCUT2D eigenvalue weighted by Gasteiger charge is 2.54. The Morgan fingerprint density at radius 2 is 1.43 bits per heavy atom. The molecule has 13 N–H and O–H groups in total. The van der Waals surface area contributed by atoms with Crippen LogP contribution in [0.3, 0.4) is 0 Å². The lowest BCUT2D eigenvalue weighted by molar-refractivity contribution is -0.347. The number of carbonyl (C=O) groups is 6. The van der Waals surface area contributed by atoms with E-state index in [9.17, 15) is 90.4 Å². The number of rotatable bonds is 28. The first-order chi connectivity index (χ1) is 49.4. The van der Waals surface area contributed by atoms with Crippen molar-refractivity contribution in [1.82, 2.24) is 20.6 Å². The third-order valence-electron chi connectivity index (χ3n) is 16.7. The highest BCUT2D eigenvalue weighted by molar-refractivity contribution is 7.86. The molecule has 14 unspecified atom stereocenters. The van der Waals surface area contributed by atoms with E-state index >= 15 is 0 Å². The summed E-state index contributed by atoms with van der Waals surface area (Å²) in [7, 11) is -11.3. The zero-order valence-electron chi connectivity index (χ0n) is 58.8. The van der Waals surface area contributed by atoms with Crippen molar-refractivity contribution in [2.45, 2.75) is 208 Å². The van der Waals surface area contributed by atoms with Crippen molar-refractivity contribution in [1.29, 1.82) is 0 Å². The Kier molecular flexibility index (Phi) is 37.7. The number of amides is 2. The number of aromatic amines is 2. The number of benzene rings is 3. The number of aromatic nitrogens is 2. The number of carboxylic acids is 1. The third-order valence-corrected chi connectivity index (χ3v) is 18.4. The topological polar surface area (TPSA) is 559 Å². The van der Waals surface area contributed by atoms with E-state index in [0.29, 0.717) is 18.4 Å². The van der Waals surface area contributed by atoms with Crippen molar-refractivity contribution in [3.05, 3.63) is 98.8 Å². The van der Waals surface area contributed by atoms with Crippen LogP contribution < -0.4 is 27.2 Å². The van der Waals surface area contributed by atoms with Crippen molar-refractivity contribution in [3.8, 4) is 0 Å². The van der Waals surface area contributed by atoms with Crippen molar-refractivity contribution in [2.75, 3.05) is 51.9 Å². The van der Waals surface area contributed by atoms with Gasteiger partial charge in [0.2, 0.25) is 11.8 Å². The van der Waals surface area contributed by atoms with Crippen LogP contribution in [-0.2, 0) is 92.7 Å². The third kappa shape index (κ3) is 29.7. The molecule has 8 rings (SSSR count). The first-order valence-electron chi connectivity index (χ1n) is 33.5. The summed E-state index contributed by atoms with van der Waals surface area (Å²) in [4.78, 5) is 98.0. The molecule has 39 heteroatoms. The van der Waals surface area contributed by atoms with Gasteiger partial charge in [-0.3, -0.25) is 38.1 Å². The summed E-state index contributed by atoms with van der Waals surface area (Å²) in [6.45, 7) is 10.4. The Bertz CT molecular complexity index is 3910. The number of methoxy groups -OCH3 is 1. The molecule has 2 saturated carbocycles. The lowest BCUT2D eigenvalue weighted by atomic mass is 9.79. The SMILES string of the molecule is CC(=O)NC1CC(C(C)=O)CC(OC2OC(CO)C(O)C(O[C@@H](CC3CCCCC3)C(=O)O)C2OC(=O)c2ccccc2)C1OC1OC(C)C(O)C(O)C1O.CCCCNC(=O)COCCC.COCC(=O)CNc1cccc2cc(S(=O)(=O)O)cc(S(=O)(=O)O)c12.Cc1cc(=O)[nH]c(=O)[nH]1.O=S(=O)=O. The minimum atomic E-state index is -4.81. The van der Waals surface area contributed by atoms with Gasteiger partial charge < -0.3 is 89.5 Å². The fraction of sp³-hybridized carbons (Fsp3) is 0.606. The molecule has 0 bridgehead atoms. The fourth-order valence-electron chi connectivity index (χ4n) is 11.7. The molecule has 0 spiro atoms. The minimum Gasteiger partial charge on any atom is -0.479 e. The summed E-state index contributed by atoms with van der Waals surface area (Å²) in [5.41, 5.74) is 0.0479. The number of esters is 1. The number of anilines is 1. The van der Waals surface area contributed by atoms with E-state index in [1.807, 2.05) is 11.9 Å². The molecule has 588 valence electrons. The predicted molar refractivity (Wildman–Crippen MR) is 368 cm³/mol. The van der Waals surface area contributed by atoms with Gasteiger partial charge in [-0.25, -0.2) is 14.4 Å². The molecule has 2 aliphatic carbocycles. The van der Waals surface area contributed by atoms with Crippen LogP contribution in [0.5, 0.6) is 0 Å². The lowest BCUT2D eigenvalue weighted by Gasteiger charge is -2.48. The Morgan fingerprint density at radius 1 is 0.762 bits per heavy atom. The minimum absolute atomic E-state index is 0.00287. The number of fused-ring (bicyclic) bond motifs is 1. The van der Waals surface area contributed by atoms with Gasteiger partial charge in [0.05, 0.1) is 41.9 Å². The number of hydrogen-bond donors (Lipinski definition) is 13. The van der Waals surface area contributed by atoms with E-state index < -0.39 is 162 Å². The number of carbonyl (C=O) groups excluding carboxylic acids is 5. The Labute approximate surface area is 606 Å². The second kappa shape index (κ2) is 44.0. The number of Topliss-reactive ketones (excluding diaryl/α,β-unsaturated/α-hetero) is 2. The zero-order valence-corrected chi connectivity index (χ0v) is 61.3. The van der Waals surface area contributed by atoms with Gasteiger partial charge in [-0.05, 0) is 94.5 Å². The molecule has 36 nitrogen and oxygen atoms in total. The number of aliphatic hydroxyl groups excluding tert-OH is 5. The van der Waals surface area contributed by atoms with Crippen LogP contribution in [0.25, 0.3) is 10.8 Å². The molecule has 2 aliphatic heterocycles. The van der Waals surface area contributed by atoms with E-state index in [1.54, 1.807) is 25.1 Å². The van der Waals surface area contributed by atoms with Crippen LogP contribution in [-0.4, -0.2) is 247 Å². The molecule has 2 amide bonds. The monoisotopic (exact) mass is 1550 g/mol. The van der Waals surface area contributed by atoms with Gasteiger partial charge in [0.1, 0.15) is 66.6 Å². The number of aryl methyl sites for hydroxylation is 1. The molecule has 4 aromatic rings. The second-order valence-corrected chi connectivity index (χ2v) is 28.2. The summed E-state index contributed by atoms with van der Waals surface area (Å²) in [5, 5.41) is 72.2. The van der Waals surface area contributed by atoms with Gasteiger partial charge in [-0.1, -0.05) is 82.7 Å². The molecule has 4 aliphatic rings. The number of ether oxygens (including phenoxy) is 8. The quantitative estimate of drug-likeness (QED) is 0.0213. The first kappa shape index (κ1) is 90.0. The standard InChI is InChI=1S/C38H55NO16.C14H15NO8S2.C9H19NO2.C5H6N2O2.O3S/c1-18(41)23-15-24(39-20(3)42)32(55-37-31(46)30(45)28(43)19(2)50-37)25(16-23)52-38-34(54-36(49)22-12-8-5-9-13-22)33(29(44)27(17-40)53-38)51-26(35(47)48)14-21-10-6-4-7-11-21;1-23-8-10(16)7-15-12-4-2-3-9-5-11(24(17,18)19)6-13(14(9)12)25(20,21)22;1-3-5-6-10-9(11)8-12-7-4-2;1-3-2-4(8)7-5(9)6-3;1-4(2)3/h5,8-9,12-13,19,21,23-34,37-38,40,43-46H,4,6-7,10-11,14-17H2,1-3H3,(H,39,42)(H,47,48);2-6,15H,7-8H2,1H3,(H,17,18,19)(H,20,21,22);3-8H2,1-2H3,(H,10,11);2H,1H3,(H2,6,7,8,9);/t19?,23?,24?,25?,26-,27?,28?,29?,30?,31?,32?,33?,34?,37?,38?;;;;/m0..../s1. The maximum absolute atomic E-state index is 13.6. The number of nitrogens with one attached hydrogen (secondary N) is 5. The fourth-order valence-corrected chi connectivity index (χ4v) is 13.0. The van der Waals surface area contributed by atoms with Crippen molar-refractivity contribution >= 4 is 82.6 Å². The summed E-state index contributed by atoms with van der Waals surface area (Å²) < 4.78 is 136. The largest absolute Gasteiger partial charge is 0.479 e. The maximum Gasteiger partial charge on any atom is 0.425 e. The smallest absolute Gasteiger partial charge is 0.425 e. The molecule has 3 heterocycles. The number of aliphatic hydroxyl groups is 5. The molecule has 2 saturated heterocycles. The van der Waals surface area contributed by atoms with Gasteiger partial charge in [-0.15, -0.1) is 12.6 Å². The van der Waals surface area contributed by atoms with Crippen LogP contribution >= 0.6 is 0 Å². The lowest BCUT2D eigenvalue weighted by Crippen LogP contribution is -2.65. The van der Waals surface area contributed by atoms with Crippen molar-refractivity contribution < 1.29 is 136 Å². The van der Waals surface area contributed by atoms with Gasteiger partial charge >= 0.3 is 28.2 Å². The highest BCUT2D eigenvalue weighted by Crippen LogP contribution is 2.39. The summed E-state index contributed by atoms with van der Waals surface area (Å²) in [6.07, 6.45) is -11.6. The van der Waals surface area contributed by atoms with Crippen LogP contribution in [0.15, 0.2) is 86.1 Å². The number of H-pyrrole nitrogens is 2. The molecule has 1 aromatic heterocycles. The summed E-state index contributed by atoms with van der Waals surface area (Å²) >= 11 is 0. The van der Waals surface area contributed by atoms with E-state index in [1.165, 1.54) is 64.3 Å². The molecular weight excluding hydrogens is 1450 g/mol. The Morgan fingerprint density at radius 3 is 1.99 bits per heavy atom. The number of carboxylic acid groups (broad SMARTS) is 1. The van der Waals surface area contributed by atoms with Crippen molar-refractivity contribution in [2.24, 2.45) is 11.8 Å². The molecule has 0 radical (unpaired) electrons.